The van der Waals surface area contributed by atoms with Gasteiger partial charge in [-0.15, -0.1) is 11.3 Å². The fourth-order valence-corrected chi connectivity index (χ4v) is 4.27. The van der Waals surface area contributed by atoms with Gasteiger partial charge < -0.3 is 15.0 Å². The lowest BCUT2D eigenvalue weighted by atomic mass is 10.0. The van der Waals surface area contributed by atoms with Crippen LogP contribution in [0.25, 0.3) is 10.7 Å². The van der Waals surface area contributed by atoms with E-state index in [1.165, 1.54) is 11.3 Å². The van der Waals surface area contributed by atoms with Gasteiger partial charge in [-0.2, -0.15) is 0 Å². The molecule has 1 aliphatic rings. The van der Waals surface area contributed by atoms with E-state index >= 15 is 0 Å². The van der Waals surface area contributed by atoms with Crippen LogP contribution in [-0.2, 0) is 11.2 Å². The van der Waals surface area contributed by atoms with Crippen molar-refractivity contribution in [3.8, 4) is 16.5 Å². The molecule has 1 fully saturated rings. The molecule has 1 atom stereocenters. The standard InChI is InChI=1S/C21H22N4O2S/c1-27-19-8-3-2-6-16(19)18-13-22-10-11-25(18)20(26)12-15-14-28-21(24-15)17-7-4-5-9-23-17/h2-9,14,18,22H,10-13H2,1H3. The third-order valence-corrected chi connectivity index (χ3v) is 5.74. The number of hydrogen-bond acceptors (Lipinski definition) is 6. The van der Waals surface area contributed by atoms with Crippen molar-refractivity contribution in [2.24, 2.45) is 0 Å². The topological polar surface area (TPSA) is 67.3 Å². The van der Waals surface area contributed by atoms with Crippen LogP contribution >= 0.6 is 11.3 Å². The largest absolute Gasteiger partial charge is 0.496 e. The Bertz CT molecular complexity index is 944. The molecule has 1 aromatic carbocycles. The number of hydrogen-bond donors (Lipinski definition) is 1. The number of ether oxygens (including phenoxy) is 1. The molecule has 6 nitrogen and oxygen atoms in total. The maximum atomic E-state index is 13.1. The van der Waals surface area contributed by atoms with Crippen LogP contribution in [0.3, 0.4) is 0 Å². The number of carbonyl (C=O) groups excluding carboxylic acids is 1. The Morgan fingerprint density at radius 2 is 2.14 bits per heavy atom. The van der Waals surface area contributed by atoms with Gasteiger partial charge in [0.15, 0.2) is 0 Å². The second kappa shape index (κ2) is 8.50. The van der Waals surface area contributed by atoms with E-state index in [1.807, 2.05) is 52.7 Å². The van der Waals surface area contributed by atoms with E-state index in [1.54, 1.807) is 13.3 Å². The number of aromatic nitrogens is 2. The first-order chi connectivity index (χ1) is 13.8. The average Bonchev–Trinajstić information content (AvgIpc) is 3.23. The van der Waals surface area contributed by atoms with Crippen molar-refractivity contribution in [2.75, 3.05) is 26.7 Å². The van der Waals surface area contributed by atoms with E-state index in [0.717, 1.165) is 34.3 Å². The number of methoxy groups -OCH3 is 1. The molecule has 4 rings (SSSR count). The molecule has 1 aliphatic heterocycles. The van der Waals surface area contributed by atoms with Gasteiger partial charge in [0.05, 0.1) is 31.0 Å². The highest BCUT2D eigenvalue weighted by Crippen LogP contribution is 2.31. The molecule has 1 N–H and O–H groups in total. The lowest BCUT2D eigenvalue weighted by Crippen LogP contribution is -2.49. The number of rotatable bonds is 5. The average molecular weight is 394 g/mol. The SMILES string of the molecule is COc1ccccc1C1CNCCN1C(=O)Cc1csc(-c2ccccn2)n1. The van der Waals surface area contributed by atoms with E-state index < -0.39 is 0 Å². The fraction of sp³-hybridized carbons (Fsp3) is 0.286. The lowest BCUT2D eigenvalue weighted by molar-refractivity contribution is -0.133. The van der Waals surface area contributed by atoms with Gasteiger partial charge in [0.1, 0.15) is 10.8 Å². The minimum absolute atomic E-state index is 0.0497. The summed E-state index contributed by atoms with van der Waals surface area (Å²) in [5.74, 6) is 0.885. The predicted molar refractivity (Wildman–Crippen MR) is 109 cm³/mol. The number of para-hydroxylation sites is 1. The van der Waals surface area contributed by atoms with Crippen molar-refractivity contribution in [2.45, 2.75) is 12.5 Å². The summed E-state index contributed by atoms with van der Waals surface area (Å²) in [6.45, 7) is 2.16. The van der Waals surface area contributed by atoms with Crippen molar-refractivity contribution in [3.63, 3.8) is 0 Å². The summed E-state index contributed by atoms with van der Waals surface area (Å²) in [6, 6.07) is 13.6. The first-order valence-electron chi connectivity index (χ1n) is 9.25. The summed E-state index contributed by atoms with van der Waals surface area (Å²) < 4.78 is 5.51. The molecule has 1 amide bonds. The molecule has 0 radical (unpaired) electrons. The number of thiazole rings is 1. The van der Waals surface area contributed by atoms with Crippen molar-refractivity contribution < 1.29 is 9.53 Å². The molecule has 1 saturated heterocycles. The third-order valence-electron chi connectivity index (χ3n) is 4.83. The Morgan fingerprint density at radius 1 is 1.29 bits per heavy atom. The second-order valence-corrected chi connectivity index (χ2v) is 7.44. The zero-order chi connectivity index (χ0) is 19.3. The molecule has 0 aliphatic carbocycles. The van der Waals surface area contributed by atoms with Gasteiger partial charge in [-0.05, 0) is 18.2 Å². The van der Waals surface area contributed by atoms with Gasteiger partial charge in [-0.25, -0.2) is 4.98 Å². The fourth-order valence-electron chi connectivity index (χ4n) is 3.47. The Balaban J connectivity index is 1.52. The summed E-state index contributed by atoms with van der Waals surface area (Å²) >= 11 is 1.52. The van der Waals surface area contributed by atoms with Crippen LogP contribution in [0.5, 0.6) is 5.75 Å². The van der Waals surface area contributed by atoms with Gasteiger partial charge in [0, 0.05) is 36.8 Å². The van der Waals surface area contributed by atoms with Crippen LogP contribution in [-0.4, -0.2) is 47.5 Å². The van der Waals surface area contributed by atoms with Gasteiger partial charge in [0.2, 0.25) is 5.91 Å². The van der Waals surface area contributed by atoms with Crippen LogP contribution in [0, 0.1) is 0 Å². The molecular formula is C21H22N4O2S. The summed E-state index contributed by atoms with van der Waals surface area (Å²) in [4.78, 5) is 24.0. The van der Waals surface area contributed by atoms with Crippen molar-refractivity contribution in [1.82, 2.24) is 20.2 Å². The quantitative estimate of drug-likeness (QED) is 0.721. The molecule has 2 aromatic heterocycles. The van der Waals surface area contributed by atoms with Crippen LogP contribution in [0.1, 0.15) is 17.3 Å². The maximum Gasteiger partial charge on any atom is 0.229 e. The Hall–Kier alpha value is -2.77. The molecule has 28 heavy (non-hydrogen) atoms. The second-order valence-electron chi connectivity index (χ2n) is 6.58. The normalized spacial score (nSPS) is 16.8. The third kappa shape index (κ3) is 3.90. The molecule has 1 unspecified atom stereocenters. The number of amides is 1. The molecule has 0 saturated carbocycles. The first kappa shape index (κ1) is 18.6. The number of pyridine rings is 1. The highest BCUT2D eigenvalue weighted by atomic mass is 32.1. The van der Waals surface area contributed by atoms with Crippen LogP contribution < -0.4 is 10.1 Å². The maximum absolute atomic E-state index is 13.1. The highest BCUT2D eigenvalue weighted by Gasteiger charge is 2.30. The van der Waals surface area contributed by atoms with E-state index in [9.17, 15) is 4.79 Å². The zero-order valence-electron chi connectivity index (χ0n) is 15.7. The lowest BCUT2D eigenvalue weighted by Gasteiger charge is -2.37. The number of nitrogens with zero attached hydrogens (tertiary/aromatic N) is 3. The van der Waals surface area contributed by atoms with Crippen LogP contribution in [0.2, 0.25) is 0 Å². The van der Waals surface area contributed by atoms with E-state index in [-0.39, 0.29) is 18.4 Å². The Kier molecular flexibility index (Phi) is 5.64. The predicted octanol–water partition coefficient (Wildman–Crippen LogP) is 2.93. The molecule has 3 aromatic rings. The van der Waals surface area contributed by atoms with E-state index in [2.05, 4.69) is 15.3 Å². The zero-order valence-corrected chi connectivity index (χ0v) is 16.5. The van der Waals surface area contributed by atoms with Gasteiger partial charge in [-0.3, -0.25) is 9.78 Å². The van der Waals surface area contributed by atoms with Gasteiger partial charge in [0.25, 0.3) is 0 Å². The first-order valence-corrected chi connectivity index (χ1v) is 10.1. The molecule has 7 heteroatoms. The summed E-state index contributed by atoms with van der Waals surface area (Å²) in [7, 11) is 1.66. The van der Waals surface area contributed by atoms with Crippen LogP contribution in [0.15, 0.2) is 54.0 Å². The smallest absolute Gasteiger partial charge is 0.229 e. The Morgan fingerprint density at radius 3 is 2.96 bits per heavy atom. The summed E-state index contributed by atoms with van der Waals surface area (Å²) in [5.41, 5.74) is 2.64. The number of piperazine rings is 1. The molecule has 0 spiro atoms. The number of carbonyl (C=O) groups is 1. The number of nitrogens with one attached hydrogen (secondary N) is 1. The Labute approximate surface area is 168 Å². The van der Waals surface area contributed by atoms with Crippen molar-refractivity contribution in [3.05, 3.63) is 65.3 Å². The molecular weight excluding hydrogens is 372 g/mol. The molecule has 3 heterocycles. The molecule has 0 bridgehead atoms. The number of benzene rings is 1. The van der Waals surface area contributed by atoms with Crippen molar-refractivity contribution in [1.29, 1.82) is 0 Å². The minimum Gasteiger partial charge on any atom is -0.496 e. The van der Waals surface area contributed by atoms with E-state index in [4.69, 9.17) is 4.74 Å². The summed E-state index contributed by atoms with van der Waals surface area (Å²) in [5, 5.41) is 6.17. The van der Waals surface area contributed by atoms with Gasteiger partial charge in [-0.1, -0.05) is 24.3 Å². The van der Waals surface area contributed by atoms with E-state index in [0.29, 0.717) is 13.1 Å². The molecule has 144 valence electrons. The highest BCUT2D eigenvalue weighted by molar-refractivity contribution is 7.13. The minimum atomic E-state index is -0.0497. The summed E-state index contributed by atoms with van der Waals surface area (Å²) in [6.07, 6.45) is 2.04. The van der Waals surface area contributed by atoms with Crippen molar-refractivity contribution >= 4 is 17.2 Å². The van der Waals surface area contributed by atoms with Gasteiger partial charge >= 0.3 is 0 Å². The van der Waals surface area contributed by atoms with Crippen LogP contribution in [0.4, 0.5) is 0 Å². The monoisotopic (exact) mass is 394 g/mol.